The fourth-order valence-electron chi connectivity index (χ4n) is 5.33. The first kappa shape index (κ1) is 46.3. The molecular weight excluding hydrogens is 754 g/mol. The molecule has 3 atom stereocenters. The van der Waals surface area contributed by atoms with E-state index in [-0.39, 0.29) is 5.56 Å². The minimum Gasteiger partial charge on any atom is -0.445 e. The van der Waals surface area contributed by atoms with Gasteiger partial charge in [-0.25, -0.2) is 4.79 Å². The lowest BCUT2D eigenvalue weighted by atomic mass is 10.1. The highest BCUT2D eigenvalue weighted by Gasteiger charge is 2.57. The monoisotopic (exact) mass is 810 g/mol. The fraction of sp³-hybridized carbons (Fsp3) is 0.759. The molecule has 0 aliphatic heterocycles. The number of methoxy groups -OCH3 is 1. The third-order valence-corrected chi connectivity index (χ3v) is 25.8. The lowest BCUT2D eigenvalue weighted by molar-refractivity contribution is -0.243. The van der Waals surface area contributed by atoms with Crippen molar-refractivity contribution in [3.63, 3.8) is 0 Å². The van der Waals surface area contributed by atoms with Crippen LogP contribution in [-0.2, 0) is 47.2 Å². The average molecular weight is 811 g/mol. The van der Waals surface area contributed by atoms with Crippen LogP contribution in [0.25, 0.3) is 0 Å². The van der Waals surface area contributed by atoms with Crippen LogP contribution in [0, 0.1) is 0 Å². The van der Waals surface area contributed by atoms with Gasteiger partial charge in [-0.15, -0.1) is 0 Å². The van der Waals surface area contributed by atoms with E-state index in [2.05, 4.69) is 50.6 Å². The van der Waals surface area contributed by atoms with E-state index in [1.54, 1.807) is 19.2 Å². The molecule has 0 bridgehead atoms. The molecule has 1 aromatic rings. The Morgan fingerprint density at radius 3 is 1.78 bits per heavy atom. The molecule has 0 aliphatic carbocycles. The van der Waals surface area contributed by atoms with Crippen molar-refractivity contribution in [3.05, 3.63) is 35.4 Å². The van der Waals surface area contributed by atoms with Gasteiger partial charge in [0.2, 0.25) is 5.60 Å². The summed E-state index contributed by atoms with van der Waals surface area (Å²) in [5, 5.41) is 0. The van der Waals surface area contributed by atoms with E-state index >= 15 is 0 Å². The molecule has 0 saturated carbocycles. The van der Waals surface area contributed by atoms with Crippen molar-refractivity contribution >= 4 is 58.4 Å². The lowest BCUT2D eigenvalue weighted by Gasteiger charge is -2.44. The Balaban J connectivity index is 3.26. The summed E-state index contributed by atoms with van der Waals surface area (Å²) in [7, 11) is -16.0. The maximum atomic E-state index is 13.6. The van der Waals surface area contributed by atoms with Crippen molar-refractivity contribution in [1.82, 2.24) is 0 Å². The van der Waals surface area contributed by atoms with Crippen molar-refractivity contribution < 1.29 is 61.6 Å². The van der Waals surface area contributed by atoms with Gasteiger partial charge in [-0.05, 0) is 115 Å². The van der Waals surface area contributed by atoms with Crippen molar-refractivity contribution in [3.8, 4) is 0 Å². The molecule has 0 spiro atoms. The van der Waals surface area contributed by atoms with E-state index in [9.17, 15) is 26.4 Å². The van der Waals surface area contributed by atoms with Crippen LogP contribution in [0.15, 0.2) is 24.3 Å². The number of aryl methyl sites for hydroxylation is 1. The molecular formula is C29H57F3O11SSi5. The van der Waals surface area contributed by atoms with Gasteiger partial charge in [0.05, 0.1) is 18.8 Å². The van der Waals surface area contributed by atoms with Crippen molar-refractivity contribution in [2.75, 3.05) is 32.7 Å². The summed E-state index contributed by atoms with van der Waals surface area (Å²) in [5.41, 5.74) is -2.87. The first-order chi connectivity index (χ1) is 21.9. The number of hydrogen-bond acceptors (Lipinski definition) is 10. The smallest absolute Gasteiger partial charge is 0.429 e. The number of esters is 1. The number of carbonyl (C=O) groups is 1. The summed E-state index contributed by atoms with van der Waals surface area (Å²) < 4.78 is 115. The Labute approximate surface area is 296 Å². The van der Waals surface area contributed by atoms with E-state index in [1.807, 2.05) is 19.6 Å². The molecule has 1 aromatic carbocycles. The lowest BCUT2D eigenvalue weighted by Crippen LogP contribution is -2.60. The van der Waals surface area contributed by atoms with Gasteiger partial charge in [-0.3, -0.25) is 4.55 Å². The molecule has 1 N–H and O–H groups in total. The molecule has 0 saturated heterocycles. The quantitative estimate of drug-likeness (QED) is 0.0550. The molecule has 0 heterocycles. The zero-order chi connectivity index (χ0) is 38.2. The Morgan fingerprint density at radius 2 is 1.31 bits per heavy atom. The van der Waals surface area contributed by atoms with Crippen molar-refractivity contribution in [2.24, 2.45) is 0 Å². The summed E-state index contributed by atoms with van der Waals surface area (Å²) in [6.45, 7) is 22.7. The Morgan fingerprint density at radius 1 is 0.776 bits per heavy atom. The summed E-state index contributed by atoms with van der Waals surface area (Å²) in [6, 6.07) is 7.01. The molecule has 49 heavy (non-hydrogen) atoms. The summed E-state index contributed by atoms with van der Waals surface area (Å²) in [5.74, 6) is -3.21. The number of ether oxygens (including phenoxy) is 3. The first-order valence-corrected chi connectivity index (χ1v) is 32.4. The molecule has 1 rings (SSSR count). The molecule has 11 nitrogen and oxygen atoms in total. The molecule has 0 aromatic heterocycles. The zero-order valence-electron chi connectivity index (χ0n) is 31.0. The zero-order valence-corrected chi connectivity index (χ0v) is 36.9. The maximum absolute atomic E-state index is 13.6. The van der Waals surface area contributed by atoms with Gasteiger partial charge in [0, 0.05) is 13.7 Å². The molecule has 0 radical (unpaired) electrons. The normalized spacial score (nSPS) is 17.2. The van der Waals surface area contributed by atoms with Crippen LogP contribution in [0.4, 0.5) is 13.2 Å². The van der Waals surface area contributed by atoms with Crippen LogP contribution in [0.3, 0.4) is 0 Å². The van der Waals surface area contributed by atoms with Gasteiger partial charge in [0.1, 0.15) is 5.75 Å². The first-order valence-electron chi connectivity index (χ1n) is 16.1. The van der Waals surface area contributed by atoms with Crippen LogP contribution in [0.5, 0.6) is 0 Å². The number of benzene rings is 1. The minimum atomic E-state index is -5.25. The Kier molecular flexibility index (Phi) is 16.8. The Bertz CT molecular complexity index is 1310. The fourth-order valence-corrected chi connectivity index (χ4v) is 29.9. The second kappa shape index (κ2) is 17.8. The number of halogens is 3. The van der Waals surface area contributed by atoms with E-state index in [0.717, 1.165) is 12.0 Å². The van der Waals surface area contributed by atoms with E-state index in [4.69, 9.17) is 30.5 Å². The molecule has 0 amide bonds. The Hall–Kier alpha value is -0.766. The van der Waals surface area contributed by atoms with Crippen LogP contribution in [-0.4, -0.2) is 106 Å². The van der Waals surface area contributed by atoms with Crippen molar-refractivity contribution in [1.29, 1.82) is 0 Å². The SMILES string of the molecule is COCCOCCC[Si](C)(O[Si](C)(C)O[Si](C)(C)C)O[Si](C)(CCc1ccc(C(=O)OC(C)(CS(=O)(=O)O)C(F)(F)F)cc1)O[Si](C)(C)C. The van der Waals surface area contributed by atoms with Gasteiger partial charge in [-0.2, -0.15) is 21.6 Å². The predicted octanol–water partition coefficient (Wildman–Crippen LogP) is 7.23. The highest BCUT2D eigenvalue weighted by Crippen LogP contribution is 2.36. The standard InChI is InChI=1S/C29H57F3O11SSi5/c1-28(29(30,31)32,24-44(34,35)36)39-27(33)26-16-14-25(15-17-26)18-23-49(12,41-46(6,7)8)43-48(11,22-13-19-38-21-20-37-2)42-47(9,10)40-45(3,4)5/h14-17H,13,18-24H2,1-12H3,(H,34,35,36). The highest BCUT2D eigenvalue weighted by molar-refractivity contribution is 7.85. The topological polar surface area (TPSA) is 136 Å². The van der Waals surface area contributed by atoms with E-state index in [1.165, 1.54) is 12.1 Å². The van der Waals surface area contributed by atoms with Gasteiger partial charge in [-0.1, -0.05) is 12.1 Å². The summed E-state index contributed by atoms with van der Waals surface area (Å²) in [4.78, 5) is 12.6. The molecule has 3 unspecified atom stereocenters. The molecule has 286 valence electrons. The van der Waals surface area contributed by atoms with Crippen molar-refractivity contribution in [2.45, 2.75) is 109 Å². The number of carbonyl (C=O) groups excluding carboxylic acids is 1. The predicted molar refractivity (Wildman–Crippen MR) is 195 cm³/mol. The van der Waals surface area contributed by atoms with Crippen LogP contribution in [0.2, 0.25) is 77.6 Å². The van der Waals surface area contributed by atoms with Crippen LogP contribution in [0.1, 0.15) is 29.3 Å². The third-order valence-electron chi connectivity index (χ3n) is 6.75. The van der Waals surface area contributed by atoms with Gasteiger partial charge in [0.15, 0.2) is 16.6 Å². The number of alkyl halides is 3. The number of rotatable bonds is 22. The van der Waals surface area contributed by atoms with E-state index < -0.39 is 75.9 Å². The largest absolute Gasteiger partial charge is 0.445 e. The van der Waals surface area contributed by atoms with Crippen LogP contribution < -0.4 is 0 Å². The van der Waals surface area contributed by atoms with Gasteiger partial charge >= 0.3 is 37.8 Å². The van der Waals surface area contributed by atoms with E-state index in [0.29, 0.717) is 45.3 Å². The summed E-state index contributed by atoms with van der Waals surface area (Å²) in [6.07, 6.45) is -4.04. The van der Waals surface area contributed by atoms with Gasteiger partial charge < -0.3 is 30.7 Å². The molecule has 20 heteroatoms. The van der Waals surface area contributed by atoms with Gasteiger partial charge in [0.25, 0.3) is 10.1 Å². The maximum Gasteiger partial charge on any atom is 0.429 e. The number of hydrogen-bond donors (Lipinski definition) is 1. The molecule has 0 fully saturated rings. The third kappa shape index (κ3) is 18.5. The second-order valence-electron chi connectivity index (χ2n) is 15.1. The second-order valence-corrected chi connectivity index (χ2v) is 36.6. The van der Waals surface area contributed by atoms with Crippen LogP contribution >= 0.6 is 0 Å². The summed E-state index contributed by atoms with van der Waals surface area (Å²) >= 11 is 0. The highest BCUT2D eigenvalue weighted by atomic mass is 32.2. The minimum absolute atomic E-state index is 0.208. The average Bonchev–Trinajstić information content (AvgIpc) is 2.85. The molecule has 0 aliphatic rings.